The molecule has 1 rings (SSSR count). The average molecular weight is 274 g/mol. The number of ether oxygens (including phenoxy) is 1. The summed E-state index contributed by atoms with van der Waals surface area (Å²) in [6.07, 6.45) is -2.62. The molecule has 0 heterocycles. The molecule has 0 spiro atoms. The molecule has 2 atom stereocenters. The molecule has 6 heteroatoms. The minimum atomic E-state index is -1.40. The Labute approximate surface area is 109 Å². The van der Waals surface area contributed by atoms with Crippen molar-refractivity contribution in [1.82, 2.24) is 0 Å². The normalized spacial score (nSPS) is 14.1. The molecule has 0 radical (unpaired) electrons. The van der Waals surface area contributed by atoms with Gasteiger partial charge in [0.2, 0.25) is 0 Å². The van der Waals surface area contributed by atoms with Gasteiger partial charge in [-0.2, -0.15) is 0 Å². The number of halogens is 1. The zero-order valence-electron chi connectivity index (χ0n) is 10.1. The van der Waals surface area contributed by atoms with Crippen LogP contribution in [0.2, 0.25) is 0 Å². The summed E-state index contributed by atoms with van der Waals surface area (Å²) in [7, 11) is 1.42. The Morgan fingerprint density at radius 2 is 2.17 bits per heavy atom. The molecule has 0 aliphatic carbocycles. The van der Waals surface area contributed by atoms with E-state index in [-0.39, 0.29) is 16.4 Å². The summed E-state index contributed by atoms with van der Waals surface area (Å²) in [6, 6.07) is 3.89. The van der Waals surface area contributed by atoms with Gasteiger partial charge in [0.05, 0.1) is 13.2 Å². The SMILES string of the molecule is COc1ccc(F)c(C(O)C(O)CSC(C)=O)c1. The fraction of sp³-hybridized carbons (Fsp3) is 0.417. The molecule has 18 heavy (non-hydrogen) atoms. The van der Waals surface area contributed by atoms with Crippen molar-refractivity contribution in [3.8, 4) is 5.75 Å². The lowest BCUT2D eigenvalue weighted by Crippen LogP contribution is -2.22. The van der Waals surface area contributed by atoms with Crippen LogP contribution >= 0.6 is 11.8 Å². The van der Waals surface area contributed by atoms with Crippen molar-refractivity contribution in [3.05, 3.63) is 29.6 Å². The summed E-state index contributed by atoms with van der Waals surface area (Å²) < 4.78 is 18.4. The molecule has 1 aromatic rings. The third kappa shape index (κ3) is 3.97. The third-order valence-electron chi connectivity index (χ3n) is 2.34. The van der Waals surface area contributed by atoms with Gasteiger partial charge in [-0.1, -0.05) is 11.8 Å². The number of thioether (sulfide) groups is 1. The lowest BCUT2D eigenvalue weighted by molar-refractivity contribution is -0.109. The Kier molecular flexibility index (Phi) is 5.58. The first-order valence-corrected chi connectivity index (χ1v) is 6.27. The van der Waals surface area contributed by atoms with Crippen LogP contribution in [0.1, 0.15) is 18.6 Å². The van der Waals surface area contributed by atoms with E-state index in [0.717, 1.165) is 17.8 Å². The van der Waals surface area contributed by atoms with Crippen LogP contribution in [0.4, 0.5) is 4.39 Å². The van der Waals surface area contributed by atoms with Crippen LogP contribution in [0.5, 0.6) is 5.75 Å². The van der Waals surface area contributed by atoms with E-state index in [4.69, 9.17) is 4.74 Å². The Morgan fingerprint density at radius 3 is 2.72 bits per heavy atom. The van der Waals surface area contributed by atoms with E-state index >= 15 is 0 Å². The van der Waals surface area contributed by atoms with Crippen molar-refractivity contribution >= 4 is 16.9 Å². The largest absolute Gasteiger partial charge is 0.497 e. The van der Waals surface area contributed by atoms with Crippen molar-refractivity contribution in [1.29, 1.82) is 0 Å². The number of hydrogen-bond donors (Lipinski definition) is 2. The summed E-state index contributed by atoms with van der Waals surface area (Å²) in [5.41, 5.74) is -0.0500. The maximum Gasteiger partial charge on any atom is 0.185 e. The van der Waals surface area contributed by atoms with Crippen molar-refractivity contribution < 1.29 is 24.1 Å². The zero-order chi connectivity index (χ0) is 13.7. The fourth-order valence-electron chi connectivity index (χ4n) is 1.38. The summed E-state index contributed by atoms with van der Waals surface area (Å²) in [5.74, 6) is -0.236. The smallest absolute Gasteiger partial charge is 0.185 e. The average Bonchev–Trinajstić information content (AvgIpc) is 2.35. The minimum absolute atomic E-state index is 0.00709. The highest BCUT2D eigenvalue weighted by molar-refractivity contribution is 8.13. The van der Waals surface area contributed by atoms with Gasteiger partial charge in [-0.15, -0.1) is 0 Å². The lowest BCUT2D eigenvalue weighted by Gasteiger charge is -2.18. The Hall–Kier alpha value is -1.11. The standard InChI is InChI=1S/C12H15FO4S/c1-7(14)18-6-11(15)12(16)9-5-8(17-2)3-4-10(9)13/h3-5,11-12,15-16H,6H2,1-2H3. The number of carbonyl (C=O) groups excluding carboxylic acids is 1. The van der Waals surface area contributed by atoms with E-state index in [1.165, 1.54) is 26.2 Å². The highest BCUT2D eigenvalue weighted by Crippen LogP contribution is 2.26. The number of aliphatic hydroxyl groups excluding tert-OH is 2. The first-order valence-electron chi connectivity index (χ1n) is 5.28. The number of methoxy groups -OCH3 is 1. The number of rotatable bonds is 5. The number of hydrogen-bond acceptors (Lipinski definition) is 5. The summed E-state index contributed by atoms with van der Waals surface area (Å²) >= 11 is 0.876. The van der Waals surface area contributed by atoms with Gasteiger partial charge in [0.25, 0.3) is 0 Å². The Bertz CT molecular complexity index is 425. The minimum Gasteiger partial charge on any atom is -0.497 e. The summed E-state index contributed by atoms with van der Waals surface area (Å²) in [4.78, 5) is 10.8. The van der Waals surface area contributed by atoms with Crippen LogP contribution in [0.3, 0.4) is 0 Å². The van der Waals surface area contributed by atoms with Crippen LogP contribution in [0.25, 0.3) is 0 Å². The molecular formula is C12H15FO4S. The van der Waals surface area contributed by atoms with Crippen LogP contribution in [0.15, 0.2) is 18.2 Å². The molecule has 0 aliphatic heterocycles. The molecular weight excluding hydrogens is 259 g/mol. The van der Waals surface area contributed by atoms with Gasteiger partial charge >= 0.3 is 0 Å². The van der Waals surface area contributed by atoms with Crippen molar-refractivity contribution in [2.24, 2.45) is 0 Å². The molecule has 0 aromatic heterocycles. The molecule has 0 saturated heterocycles. The van der Waals surface area contributed by atoms with E-state index in [1.807, 2.05) is 0 Å². The molecule has 100 valence electrons. The van der Waals surface area contributed by atoms with Gasteiger partial charge in [-0.05, 0) is 18.2 Å². The van der Waals surface area contributed by atoms with Crippen molar-refractivity contribution in [2.75, 3.05) is 12.9 Å². The van der Waals surface area contributed by atoms with Gasteiger partial charge < -0.3 is 14.9 Å². The van der Waals surface area contributed by atoms with Crippen molar-refractivity contribution in [2.45, 2.75) is 19.1 Å². The lowest BCUT2D eigenvalue weighted by atomic mass is 10.0. The molecule has 0 saturated carbocycles. The second kappa shape index (κ2) is 6.72. The van der Waals surface area contributed by atoms with Gasteiger partial charge in [0.1, 0.15) is 17.7 Å². The van der Waals surface area contributed by atoms with Gasteiger partial charge in [-0.25, -0.2) is 4.39 Å². The quantitative estimate of drug-likeness (QED) is 0.852. The van der Waals surface area contributed by atoms with Crippen LogP contribution < -0.4 is 4.74 Å². The molecule has 0 bridgehead atoms. The molecule has 1 aromatic carbocycles. The van der Waals surface area contributed by atoms with E-state index in [0.29, 0.717) is 5.75 Å². The highest BCUT2D eigenvalue weighted by Gasteiger charge is 2.22. The Balaban J connectivity index is 2.81. The highest BCUT2D eigenvalue weighted by atomic mass is 32.2. The number of benzene rings is 1. The fourth-order valence-corrected chi connectivity index (χ4v) is 1.96. The van der Waals surface area contributed by atoms with Gasteiger partial charge in [0.15, 0.2) is 5.12 Å². The topological polar surface area (TPSA) is 66.8 Å². The molecule has 0 amide bonds. The number of carbonyl (C=O) groups is 1. The van der Waals surface area contributed by atoms with Crippen LogP contribution in [0, 0.1) is 5.82 Å². The van der Waals surface area contributed by atoms with E-state index in [1.54, 1.807) is 0 Å². The molecule has 0 aliphatic rings. The Morgan fingerprint density at radius 1 is 1.50 bits per heavy atom. The first-order chi connectivity index (χ1) is 8.45. The molecule has 2 unspecified atom stereocenters. The summed E-state index contributed by atoms with van der Waals surface area (Å²) in [6.45, 7) is 1.36. The predicted octanol–water partition coefficient (Wildman–Crippen LogP) is 1.51. The van der Waals surface area contributed by atoms with Gasteiger partial charge in [-0.3, -0.25) is 4.79 Å². The van der Waals surface area contributed by atoms with Crippen molar-refractivity contribution in [3.63, 3.8) is 0 Å². The first kappa shape index (κ1) is 14.9. The summed E-state index contributed by atoms with van der Waals surface area (Å²) in [5, 5.41) is 19.3. The third-order valence-corrected chi connectivity index (χ3v) is 3.26. The second-order valence-corrected chi connectivity index (χ2v) is 4.90. The number of aliphatic hydroxyl groups is 2. The van der Waals surface area contributed by atoms with Crippen LogP contribution in [-0.4, -0.2) is 34.3 Å². The maximum absolute atomic E-state index is 13.5. The van der Waals surface area contributed by atoms with E-state index in [9.17, 15) is 19.4 Å². The second-order valence-electron chi connectivity index (χ2n) is 3.70. The molecule has 4 nitrogen and oxygen atoms in total. The molecule has 0 fully saturated rings. The zero-order valence-corrected chi connectivity index (χ0v) is 10.9. The van der Waals surface area contributed by atoms with Crippen LogP contribution in [-0.2, 0) is 4.79 Å². The van der Waals surface area contributed by atoms with Gasteiger partial charge in [0, 0.05) is 18.2 Å². The monoisotopic (exact) mass is 274 g/mol. The molecule has 2 N–H and O–H groups in total. The van der Waals surface area contributed by atoms with E-state index < -0.39 is 18.0 Å². The maximum atomic E-state index is 13.5. The van der Waals surface area contributed by atoms with E-state index in [2.05, 4.69) is 0 Å². The predicted molar refractivity (Wildman–Crippen MR) is 67.1 cm³/mol.